The van der Waals surface area contributed by atoms with Crippen LogP contribution in [0.1, 0.15) is 213 Å². The van der Waals surface area contributed by atoms with Crippen molar-refractivity contribution in [3.63, 3.8) is 0 Å². The maximum absolute atomic E-state index is 5.84. The zero-order valence-electron chi connectivity index (χ0n) is 28.6. The van der Waals surface area contributed by atoms with Crippen LogP contribution in [-0.2, 0) is 0 Å². The molecule has 0 amide bonds. The molecule has 0 bridgehead atoms. The lowest BCUT2D eigenvalue weighted by Gasteiger charge is -2.22. The Morgan fingerprint density at radius 1 is 0.350 bits per heavy atom. The van der Waals surface area contributed by atoms with Crippen molar-refractivity contribution in [2.24, 2.45) is 11.7 Å². The summed E-state index contributed by atoms with van der Waals surface area (Å²) in [7, 11) is 0. The maximum Gasteiger partial charge on any atom is -0.000672 e. The monoisotopic (exact) mass is 565 g/mol. The van der Waals surface area contributed by atoms with Crippen molar-refractivity contribution in [1.82, 2.24) is 4.90 Å². The van der Waals surface area contributed by atoms with E-state index in [-0.39, 0.29) is 0 Å². The van der Waals surface area contributed by atoms with E-state index in [0.29, 0.717) is 0 Å². The van der Waals surface area contributed by atoms with Crippen molar-refractivity contribution in [2.45, 2.75) is 213 Å². The molecule has 40 heavy (non-hydrogen) atoms. The Kier molecular flexibility index (Phi) is 35.0. The van der Waals surface area contributed by atoms with Crippen LogP contribution in [-0.4, -0.2) is 31.1 Å². The van der Waals surface area contributed by atoms with E-state index in [2.05, 4.69) is 25.7 Å². The Morgan fingerprint density at radius 2 is 0.625 bits per heavy atom. The third-order valence-corrected chi connectivity index (χ3v) is 9.27. The number of nitrogens with two attached hydrogens (primary N) is 1. The van der Waals surface area contributed by atoms with Gasteiger partial charge in [-0.1, -0.05) is 194 Å². The van der Waals surface area contributed by atoms with E-state index in [9.17, 15) is 0 Å². The van der Waals surface area contributed by atoms with Crippen molar-refractivity contribution in [2.75, 3.05) is 26.2 Å². The van der Waals surface area contributed by atoms with Gasteiger partial charge in [0.2, 0.25) is 0 Å². The molecule has 2 N–H and O–H groups in total. The van der Waals surface area contributed by atoms with E-state index in [1.54, 1.807) is 0 Å². The number of rotatable bonds is 35. The van der Waals surface area contributed by atoms with E-state index < -0.39 is 0 Å². The van der Waals surface area contributed by atoms with Gasteiger partial charge < -0.3 is 10.6 Å². The quantitative estimate of drug-likeness (QED) is 0.0775. The molecule has 0 unspecified atom stereocenters. The first-order valence-corrected chi connectivity index (χ1v) is 19.2. The Hall–Kier alpha value is -0.0800. The van der Waals surface area contributed by atoms with Crippen molar-refractivity contribution in [3.05, 3.63) is 0 Å². The predicted octanol–water partition coefficient (Wildman–Crippen LogP) is 12.6. The van der Waals surface area contributed by atoms with Gasteiger partial charge in [-0.2, -0.15) is 0 Å². The third kappa shape index (κ3) is 30.9. The van der Waals surface area contributed by atoms with Gasteiger partial charge in [0.15, 0.2) is 0 Å². The van der Waals surface area contributed by atoms with Crippen LogP contribution >= 0.6 is 0 Å². The van der Waals surface area contributed by atoms with Gasteiger partial charge in [-0.25, -0.2) is 0 Å². The minimum Gasteiger partial charge on any atom is -0.330 e. The highest BCUT2D eigenvalue weighted by atomic mass is 15.1. The average molecular weight is 565 g/mol. The van der Waals surface area contributed by atoms with Crippen molar-refractivity contribution < 1.29 is 0 Å². The molecule has 0 aromatic heterocycles. The Morgan fingerprint density at radius 3 is 0.950 bits per heavy atom. The summed E-state index contributed by atoms with van der Waals surface area (Å²) in [6.07, 6.45) is 43.1. The van der Waals surface area contributed by atoms with E-state index in [0.717, 1.165) is 18.9 Å². The molecule has 2 nitrogen and oxygen atoms in total. The van der Waals surface area contributed by atoms with E-state index in [4.69, 9.17) is 5.73 Å². The molecule has 0 aliphatic carbocycles. The fourth-order valence-corrected chi connectivity index (χ4v) is 6.45. The van der Waals surface area contributed by atoms with Gasteiger partial charge in [0.25, 0.3) is 0 Å². The summed E-state index contributed by atoms with van der Waals surface area (Å²) in [5, 5.41) is 0. The minimum absolute atomic E-state index is 0.840. The normalized spacial score (nSPS) is 11.8. The fourth-order valence-electron chi connectivity index (χ4n) is 6.45. The fraction of sp³-hybridized carbons (Fsp3) is 1.00. The van der Waals surface area contributed by atoms with Gasteiger partial charge in [-0.05, 0) is 51.4 Å². The Labute approximate surface area is 255 Å². The lowest BCUT2D eigenvalue weighted by Crippen LogP contribution is -2.28. The first-order valence-electron chi connectivity index (χ1n) is 19.2. The lowest BCUT2D eigenvalue weighted by atomic mass is 9.89. The zero-order chi connectivity index (χ0) is 29.2. The number of hydrogen-bond donors (Lipinski definition) is 1. The summed E-state index contributed by atoms with van der Waals surface area (Å²) in [4.78, 5) is 2.73. The lowest BCUT2D eigenvalue weighted by molar-refractivity contribution is 0.258. The Bertz CT molecular complexity index is 421. The van der Waals surface area contributed by atoms with Crippen LogP contribution in [0.15, 0.2) is 0 Å². The molecule has 0 aliphatic heterocycles. The smallest absolute Gasteiger partial charge is 0.000672 e. The van der Waals surface area contributed by atoms with E-state index >= 15 is 0 Å². The van der Waals surface area contributed by atoms with Gasteiger partial charge in [0, 0.05) is 0 Å². The number of hydrogen-bond acceptors (Lipinski definition) is 2. The summed E-state index contributed by atoms with van der Waals surface area (Å²) in [6, 6.07) is 0. The molecule has 0 heterocycles. The zero-order valence-corrected chi connectivity index (χ0v) is 28.6. The van der Waals surface area contributed by atoms with Crippen LogP contribution in [0.4, 0.5) is 0 Å². The van der Waals surface area contributed by atoms with Crippen LogP contribution in [0.25, 0.3) is 0 Å². The largest absolute Gasteiger partial charge is 0.330 e. The summed E-state index contributed by atoms with van der Waals surface area (Å²) in [6.45, 7) is 11.6. The third-order valence-electron chi connectivity index (χ3n) is 9.27. The molecule has 242 valence electrons. The molecule has 0 rings (SSSR count). The molecule has 0 fully saturated rings. The van der Waals surface area contributed by atoms with E-state index in [1.807, 2.05) is 0 Å². The standard InChI is InChI=1S/C38H80N2/c1-4-7-10-13-16-17-18-23-28-35-40(37-30-34-39)36-29-24-19-22-27-33-38(31-25-20-14-11-8-5-2)32-26-21-15-12-9-6-3/h38H,4-37,39H2,1-3H3. The first kappa shape index (κ1) is 39.9. The van der Waals surface area contributed by atoms with Crippen LogP contribution < -0.4 is 5.73 Å². The van der Waals surface area contributed by atoms with Crippen molar-refractivity contribution in [1.29, 1.82) is 0 Å². The molecule has 0 saturated carbocycles. The highest BCUT2D eigenvalue weighted by Crippen LogP contribution is 2.25. The number of nitrogens with zero attached hydrogens (tertiary/aromatic N) is 1. The Balaban J connectivity index is 4.01. The predicted molar refractivity (Wildman–Crippen MR) is 185 cm³/mol. The second-order valence-electron chi connectivity index (χ2n) is 13.3. The molecule has 0 radical (unpaired) electrons. The van der Waals surface area contributed by atoms with Gasteiger partial charge >= 0.3 is 0 Å². The SMILES string of the molecule is CCCCCCCCCCCN(CCCN)CCCCCCCC(CCCCCCCC)CCCCCCCC. The summed E-state index contributed by atoms with van der Waals surface area (Å²) >= 11 is 0. The molecule has 0 saturated heterocycles. The molecule has 0 atom stereocenters. The summed E-state index contributed by atoms with van der Waals surface area (Å²) in [5.41, 5.74) is 5.84. The van der Waals surface area contributed by atoms with Crippen LogP contribution in [0.3, 0.4) is 0 Å². The van der Waals surface area contributed by atoms with Gasteiger partial charge in [0.05, 0.1) is 0 Å². The van der Waals surface area contributed by atoms with Gasteiger partial charge in [0.1, 0.15) is 0 Å². The molecule has 0 spiro atoms. The molecule has 2 heteroatoms. The molecular formula is C38H80N2. The van der Waals surface area contributed by atoms with Crippen molar-refractivity contribution in [3.8, 4) is 0 Å². The van der Waals surface area contributed by atoms with E-state index in [1.165, 1.54) is 206 Å². The topological polar surface area (TPSA) is 29.3 Å². The average Bonchev–Trinajstić information content (AvgIpc) is 2.97. The van der Waals surface area contributed by atoms with Crippen LogP contribution in [0.2, 0.25) is 0 Å². The summed E-state index contributed by atoms with van der Waals surface area (Å²) in [5.74, 6) is 1.01. The summed E-state index contributed by atoms with van der Waals surface area (Å²) < 4.78 is 0. The number of unbranched alkanes of at least 4 members (excludes halogenated alkanes) is 22. The highest BCUT2D eigenvalue weighted by Gasteiger charge is 2.09. The maximum atomic E-state index is 5.84. The molecule has 0 aromatic carbocycles. The second-order valence-corrected chi connectivity index (χ2v) is 13.3. The highest BCUT2D eigenvalue weighted by molar-refractivity contribution is 4.63. The first-order chi connectivity index (χ1) is 19.8. The van der Waals surface area contributed by atoms with Crippen molar-refractivity contribution >= 4 is 0 Å². The molecule has 0 aliphatic rings. The van der Waals surface area contributed by atoms with Crippen LogP contribution in [0.5, 0.6) is 0 Å². The van der Waals surface area contributed by atoms with Crippen LogP contribution in [0, 0.1) is 5.92 Å². The molecular weight excluding hydrogens is 484 g/mol. The second kappa shape index (κ2) is 35.1. The molecule has 0 aromatic rings. The van der Waals surface area contributed by atoms with Gasteiger partial charge in [-0.3, -0.25) is 0 Å². The van der Waals surface area contributed by atoms with Gasteiger partial charge in [-0.15, -0.1) is 0 Å². The minimum atomic E-state index is 0.840.